The summed E-state index contributed by atoms with van der Waals surface area (Å²) < 4.78 is 0. The Kier molecular flexibility index (Phi) is 2.79. The summed E-state index contributed by atoms with van der Waals surface area (Å²) in [5.41, 5.74) is 6.05. The lowest BCUT2D eigenvalue weighted by atomic mass is 9.96. The van der Waals surface area contributed by atoms with Gasteiger partial charge in [0, 0.05) is 5.02 Å². The van der Waals surface area contributed by atoms with Crippen LogP contribution in [0.15, 0.2) is 34.4 Å². The number of rotatable bonds is 1. The molecule has 1 unspecified atom stereocenters. The summed E-state index contributed by atoms with van der Waals surface area (Å²) in [4.78, 5) is 28.1. The standard InChI is InChI=1S/C11H7ClN4O2S/c12-6-3-1-5(2-4-6)7-8(17)14-11-16(9(7)18)15-10(13)19-11/h1-4,7H,(H2,13,15). The molecule has 1 aromatic carbocycles. The molecule has 0 saturated carbocycles. The van der Waals surface area contributed by atoms with Gasteiger partial charge in [0.15, 0.2) is 5.17 Å². The largest absolute Gasteiger partial charge is 0.376 e. The van der Waals surface area contributed by atoms with Crippen molar-refractivity contribution in [3.05, 3.63) is 34.9 Å². The van der Waals surface area contributed by atoms with E-state index in [0.717, 1.165) is 16.8 Å². The van der Waals surface area contributed by atoms with Crippen molar-refractivity contribution >= 4 is 45.5 Å². The van der Waals surface area contributed by atoms with Gasteiger partial charge in [-0.15, -0.1) is 5.10 Å². The van der Waals surface area contributed by atoms with E-state index >= 15 is 0 Å². The summed E-state index contributed by atoms with van der Waals surface area (Å²) in [5, 5.41) is 5.85. The fraction of sp³-hybridized carbons (Fsp3) is 0.0909. The number of hydrazone groups is 1. The molecule has 19 heavy (non-hydrogen) atoms. The summed E-state index contributed by atoms with van der Waals surface area (Å²) in [6, 6.07) is 6.49. The SMILES string of the molecule is NC1=NN2C(=O)C(c3ccc(Cl)cc3)C(=O)N=C2S1. The van der Waals surface area contributed by atoms with E-state index in [0.29, 0.717) is 10.6 Å². The summed E-state index contributed by atoms with van der Waals surface area (Å²) in [6.45, 7) is 0. The van der Waals surface area contributed by atoms with E-state index in [2.05, 4.69) is 10.1 Å². The highest BCUT2D eigenvalue weighted by atomic mass is 35.5. The van der Waals surface area contributed by atoms with E-state index in [1.807, 2.05) is 0 Å². The average molecular weight is 295 g/mol. The van der Waals surface area contributed by atoms with Gasteiger partial charge >= 0.3 is 0 Å². The van der Waals surface area contributed by atoms with Crippen molar-refractivity contribution in [2.45, 2.75) is 5.92 Å². The van der Waals surface area contributed by atoms with Crippen LogP contribution in [0.5, 0.6) is 0 Å². The van der Waals surface area contributed by atoms with Crippen molar-refractivity contribution in [2.24, 2.45) is 15.8 Å². The van der Waals surface area contributed by atoms with Crippen molar-refractivity contribution < 1.29 is 9.59 Å². The fourth-order valence-electron chi connectivity index (χ4n) is 1.84. The van der Waals surface area contributed by atoms with E-state index < -0.39 is 17.7 Å². The Morgan fingerprint density at radius 2 is 1.95 bits per heavy atom. The summed E-state index contributed by atoms with van der Waals surface area (Å²) in [7, 11) is 0. The first-order valence-corrected chi connectivity index (χ1v) is 6.49. The molecule has 2 aliphatic heterocycles. The van der Waals surface area contributed by atoms with Crippen molar-refractivity contribution in [1.29, 1.82) is 0 Å². The maximum atomic E-state index is 12.3. The Morgan fingerprint density at radius 1 is 1.26 bits per heavy atom. The minimum absolute atomic E-state index is 0.191. The second-order valence-electron chi connectivity index (χ2n) is 3.91. The molecular formula is C11H7ClN4O2S. The maximum Gasteiger partial charge on any atom is 0.266 e. The predicted molar refractivity (Wildman–Crippen MR) is 72.7 cm³/mol. The van der Waals surface area contributed by atoms with Gasteiger partial charge in [0.2, 0.25) is 5.17 Å². The molecule has 2 amide bonds. The number of fused-ring (bicyclic) bond motifs is 1. The van der Waals surface area contributed by atoms with E-state index in [4.69, 9.17) is 17.3 Å². The minimum atomic E-state index is -0.990. The first-order valence-electron chi connectivity index (χ1n) is 5.30. The van der Waals surface area contributed by atoms with Crippen LogP contribution in [0.25, 0.3) is 0 Å². The van der Waals surface area contributed by atoms with Crippen LogP contribution in [0.2, 0.25) is 5.02 Å². The number of nitrogens with zero attached hydrogens (tertiary/aromatic N) is 3. The van der Waals surface area contributed by atoms with E-state index in [-0.39, 0.29) is 10.3 Å². The normalized spacial score (nSPS) is 22.2. The van der Waals surface area contributed by atoms with Gasteiger partial charge < -0.3 is 5.73 Å². The first-order chi connectivity index (χ1) is 9.06. The molecule has 2 N–H and O–H groups in total. The third kappa shape index (κ3) is 2.00. The van der Waals surface area contributed by atoms with Crippen molar-refractivity contribution in [2.75, 3.05) is 0 Å². The predicted octanol–water partition coefficient (Wildman–Crippen LogP) is 1.12. The smallest absolute Gasteiger partial charge is 0.266 e. The quantitative estimate of drug-likeness (QED) is 0.786. The molecule has 0 aromatic heterocycles. The molecule has 96 valence electrons. The van der Waals surface area contributed by atoms with Crippen LogP contribution in [-0.4, -0.2) is 27.2 Å². The molecule has 1 aromatic rings. The van der Waals surface area contributed by atoms with E-state index in [9.17, 15) is 9.59 Å². The number of halogens is 1. The molecule has 1 atom stereocenters. The second-order valence-corrected chi connectivity index (χ2v) is 5.33. The minimum Gasteiger partial charge on any atom is -0.376 e. The average Bonchev–Trinajstić information content (AvgIpc) is 2.72. The van der Waals surface area contributed by atoms with Crippen molar-refractivity contribution in [1.82, 2.24) is 5.01 Å². The Labute approximate surface area is 117 Å². The van der Waals surface area contributed by atoms with Crippen LogP contribution in [-0.2, 0) is 9.59 Å². The Balaban J connectivity index is 2.02. The highest BCUT2D eigenvalue weighted by molar-refractivity contribution is 8.26. The van der Waals surface area contributed by atoms with Crippen molar-refractivity contribution in [3.8, 4) is 0 Å². The molecule has 2 heterocycles. The lowest BCUT2D eigenvalue weighted by Gasteiger charge is -2.22. The topological polar surface area (TPSA) is 88.1 Å². The van der Waals surface area contributed by atoms with Gasteiger partial charge in [-0.05, 0) is 29.5 Å². The van der Waals surface area contributed by atoms with Crippen LogP contribution in [0.3, 0.4) is 0 Å². The zero-order valence-electron chi connectivity index (χ0n) is 9.41. The number of carbonyl (C=O) groups is 2. The summed E-state index contributed by atoms with van der Waals surface area (Å²) in [6.07, 6.45) is 0. The molecule has 0 saturated heterocycles. The highest BCUT2D eigenvalue weighted by Crippen LogP contribution is 2.31. The molecule has 0 fully saturated rings. The Hall–Kier alpha value is -1.86. The van der Waals surface area contributed by atoms with Gasteiger partial charge in [-0.2, -0.15) is 10.0 Å². The lowest BCUT2D eigenvalue weighted by molar-refractivity contribution is -0.135. The lowest BCUT2D eigenvalue weighted by Crippen LogP contribution is -2.40. The Morgan fingerprint density at radius 3 is 2.63 bits per heavy atom. The molecule has 0 spiro atoms. The van der Waals surface area contributed by atoms with Gasteiger partial charge in [0.05, 0.1) is 0 Å². The van der Waals surface area contributed by atoms with Crippen LogP contribution < -0.4 is 5.73 Å². The molecule has 0 bridgehead atoms. The number of thioether (sulfide) groups is 1. The maximum absolute atomic E-state index is 12.3. The molecule has 0 radical (unpaired) electrons. The number of nitrogens with two attached hydrogens (primary N) is 1. The van der Waals surface area contributed by atoms with Crippen LogP contribution in [0.4, 0.5) is 0 Å². The molecule has 8 heteroatoms. The number of hydrogen-bond donors (Lipinski definition) is 1. The van der Waals surface area contributed by atoms with Crippen LogP contribution in [0.1, 0.15) is 11.5 Å². The van der Waals surface area contributed by atoms with Gasteiger partial charge in [0.25, 0.3) is 11.8 Å². The number of amides is 2. The number of hydrogen-bond acceptors (Lipinski definition) is 5. The molecule has 6 nitrogen and oxygen atoms in total. The number of amidine groups is 2. The van der Waals surface area contributed by atoms with Gasteiger partial charge in [-0.3, -0.25) is 9.59 Å². The van der Waals surface area contributed by atoms with Gasteiger partial charge in [-0.1, -0.05) is 23.7 Å². The van der Waals surface area contributed by atoms with Crippen molar-refractivity contribution in [3.63, 3.8) is 0 Å². The Bertz CT molecular complexity index is 641. The number of aliphatic imine (C=N–C) groups is 1. The fourth-order valence-corrected chi connectivity index (χ4v) is 2.63. The highest BCUT2D eigenvalue weighted by Gasteiger charge is 2.42. The number of benzene rings is 1. The zero-order chi connectivity index (χ0) is 13.6. The summed E-state index contributed by atoms with van der Waals surface area (Å²) in [5.74, 6) is -1.96. The molecular weight excluding hydrogens is 288 g/mol. The van der Waals surface area contributed by atoms with Crippen LogP contribution >= 0.6 is 23.4 Å². The third-order valence-corrected chi connectivity index (χ3v) is 3.68. The third-order valence-electron chi connectivity index (χ3n) is 2.69. The number of carbonyl (C=O) groups excluding carboxylic acids is 2. The molecule has 2 aliphatic rings. The first kappa shape index (κ1) is 12.2. The summed E-state index contributed by atoms with van der Waals surface area (Å²) >= 11 is 6.78. The molecule has 0 aliphatic carbocycles. The van der Waals surface area contributed by atoms with Gasteiger partial charge in [-0.25, -0.2) is 0 Å². The van der Waals surface area contributed by atoms with E-state index in [1.54, 1.807) is 24.3 Å². The molecule has 3 rings (SSSR count). The van der Waals surface area contributed by atoms with E-state index in [1.165, 1.54) is 0 Å². The second kappa shape index (κ2) is 4.36. The van der Waals surface area contributed by atoms with Crippen LogP contribution in [0, 0.1) is 0 Å². The van der Waals surface area contributed by atoms with Gasteiger partial charge in [0.1, 0.15) is 5.92 Å². The zero-order valence-corrected chi connectivity index (χ0v) is 11.0. The monoisotopic (exact) mass is 294 g/mol.